The van der Waals surface area contributed by atoms with E-state index in [9.17, 15) is 28.6 Å². The summed E-state index contributed by atoms with van der Waals surface area (Å²) in [6.45, 7) is 2.46. The van der Waals surface area contributed by atoms with Gasteiger partial charge in [0.25, 0.3) is 5.92 Å². The van der Waals surface area contributed by atoms with Crippen LogP contribution in [0.1, 0.15) is 40.1 Å². The number of carbonyl (C=O) groups is 2. The van der Waals surface area contributed by atoms with Gasteiger partial charge in [0.05, 0.1) is 16.6 Å². The van der Waals surface area contributed by atoms with E-state index in [-0.39, 0.29) is 24.4 Å². The average Bonchev–Trinajstić information content (AvgIpc) is 3.61. The minimum Gasteiger partial charge on any atom is -0.479 e. The second-order valence-electron chi connectivity index (χ2n) is 11.5. The van der Waals surface area contributed by atoms with Crippen molar-refractivity contribution < 1.29 is 52.3 Å². The van der Waals surface area contributed by atoms with E-state index in [1.807, 2.05) is 0 Å². The summed E-state index contributed by atoms with van der Waals surface area (Å²) in [5, 5.41) is 35.5. The van der Waals surface area contributed by atoms with Crippen LogP contribution < -0.4 is 5.32 Å². The molecule has 2 aliphatic heterocycles. The molecule has 4 N–H and O–H groups in total. The largest absolute Gasteiger partial charge is 0.479 e. The fraction of sp³-hybridized carbons (Fsp3) is 0.500. The smallest absolute Gasteiger partial charge is 0.340 e. The number of likely N-dealkylation sites (tertiary alicyclic amines) is 1. The summed E-state index contributed by atoms with van der Waals surface area (Å²) in [4.78, 5) is 25.7. The molecular weight excluding hydrogens is 669 g/mol. The normalized spacial score (nSPS) is 19.2. The molecule has 3 atom stereocenters. The third-order valence-corrected chi connectivity index (χ3v) is 9.74. The van der Waals surface area contributed by atoms with Gasteiger partial charge in [0.1, 0.15) is 23.7 Å². The van der Waals surface area contributed by atoms with Gasteiger partial charge in [0, 0.05) is 55.5 Å². The van der Waals surface area contributed by atoms with Crippen LogP contribution in [0.4, 0.5) is 13.2 Å². The summed E-state index contributed by atoms with van der Waals surface area (Å²) in [7, 11) is 1.32. The molecule has 1 saturated heterocycles. The number of hydrogen-bond donors (Lipinski definition) is 4. The molecule has 47 heavy (non-hydrogen) atoms. The number of alkyl halides is 2. The van der Waals surface area contributed by atoms with Crippen LogP contribution >= 0.6 is 22.9 Å². The lowest BCUT2D eigenvalue weighted by Gasteiger charge is -2.45. The van der Waals surface area contributed by atoms with Crippen LogP contribution in [0, 0.1) is 12.7 Å². The molecule has 1 spiro atoms. The van der Waals surface area contributed by atoms with Crippen molar-refractivity contribution in [1.29, 1.82) is 0 Å². The highest BCUT2D eigenvalue weighted by Gasteiger charge is 2.51. The van der Waals surface area contributed by atoms with Gasteiger partial charge < -0.3 is 29.5 Å². The van der Waals surface area contributed by atoms with Gasteiger partial charge in [-0.3, -0.25) is 10.2 Å². The first kappa shape index (κ1) is 35.2. The fourth-order valence-corrected chi connectivity index (χ4v) is 7.22. The minimum atomic E-state index is -3.09. The number of aliphatic carboxylic acids is 1. The van der Waals surface area contributed by atoms with Crippen molar-refractivity contribution in [1.82, 2.24) is 20.0 Å². The topological polar surface area (TPSA) is 156 Å². The number of carboxylic acids is 1. The van der Waals surface area contributed by atoms with Crippen LogP contribution in [-0.2, 0) is 48.4 Å². The number of methoxy groups -OCH3 is 1. The second-order valence-corrected chi connectivity index (χ2v) is 13.2. The van der Waals surface area contributed by atoms with Crippen molar-refractivity contribution in [3.05, 3.63) is 67.9 Å². The van der Waals surface area contributed by atoms with E-state index in [1.54, 1.807) is 19.2 Å². The number of carbonyl (C=O) groups excluding carboxylic acids is 1. The Morgan fingerprint density at radius 3 is 2.62 bits per heavy atom. The Kier molecular flexibility index (Phi) is 10.6. The molecule has 3 aromatic rings. The number of esters is 1. The van der Waals surface area contributed by atoms with E-state index in [0.717, 1.165) is 16.9 Å². The number of thiophene rings is 1. The molecule has 0 amide bonds. The molecule has 4 heterocycles. The molecule has 0 bridgehead atoms. The van der Waals surface area contributed by atoms with Crippen molar-refractivity contribution in [2.75, 3.05) is 33.4 Å². The summed E-state index contributed by atoms with van der Waals surface area (Å²) in [5.41, 5.74) is 1.18. The van der Waals surface area contributed by atoms with Gasteiger partial charge in [-0.1, -0.05) is 23.7 Å². The van der Waals surface area contributed by atoms with E-state index in [2.05, 4.69) is 15.3 Å². The summed E-state index contributed by atoms with van der Waals surface area (Å²) in [5.74, 6) is -6.86. The molecule has 0 radical (unpaired) electrons. The van der Waals surface area contributed by atoms with E-state index in [0.29, 0.717) is 52.9 Å². The molecule has 12 nitrogen and oxygen atoms in total. The zero-order valence-electron chi connectivity index (χ0n) is 25.4. The van der Waals surface area contributed by atoms with Gasteiger partial charge in [-0.05, 0) is 37.5 Å². The van der Waals surface area contributed by atoms with Crippen LogP contribution in [0.3, 0.4) is 0 Å². The Labute approximate surface area is 276 Å². The molecule has 0 saturated carbocycles. The number of hydrogen-bond acceptors (Lipinski definition) is 11. The lowest BCUT2D eigenvalue weighted by molar-refractivity contribution is -0.182. The van der Waals surface area contributed by atoms with Crippen molar-refractivity contribution in [3.8, 4) is 5.69 Å². The summed E-state index contributed by atoms with van der Waals surface area (Å²) < 4.78 is 61.9. The maximum atomic E-state index is 15.3. The summed E-state index contributed by atoms with van der Waals surface area (Å²) >= 11 is 7.27. The van der Waals surface area contributed by atoms with Crippen molar-refractivity contribution in [2.45, 2.75) is 62.8 Å². The number of halogens is 4. The minimum absolute atomic E-state index is 0.0534. The van der Waals surface area contributed by atoms with Gasteiger partial charge in [-0.25, -0.2) is 18.7 Å². The number of fused-ring (bicyclic) bond motifs is 2. The predicted octanol–water partition coefficient (Wildman–Crippen LogP) is 3.06. The number of aromatic nitrogens is 2. The van der Waals surface area contributed by atoms with Crippen LogP contribution in [-0.4, -0.2) is 93.8 Å². The first-order valence-corrected chi connectivity index (χ1v) is 15.8. The Morgan fingerprint density at radius 1 is 1.21 bits per heavy atom. The first-order chi connectivity index (χ1) is 22.2. The maximum absolute atomic E-state index is 15.3. The number of aliphatic hydroxyl groups is 2. The highest BCUT2D eigenvalue weighted by Crippen LogP contribution is 2.52. The summed E-state index contributed by atoms with van der Waals surface area (Å²) in [6.07, 6.45) is -3.18. The zero-order valence-corrected chi connectivity index (χ0v) is 27.0. The molecule has 3 unspecified atom stereocenters. The number of nitrogens with one attached hydrogen (secondary N) is 1. The Morgan fingerprint density at radius 2 is 1.94 bits per heavy atom. The van der Waals surface area contributed by atoms with Gasteiger partial charge in [-0.2, -0.15) is 13.9 Å². The lowest BCUT2D eigenvalue weighted by atomic mass is 9.84. The van der Waals surface area contributed by atoms with Gasteiger partial charge in [-0.15, -0.1) is 11.3 Å². The maximum Gasteiger partial charge on any atom is 0.340 e. The molecular formula is C30H34ClF3N4O8S. The third-order valence-electron chi connectivity index (χ3n) is 8.29. The Bertz CT molecular complexity index is 1610. The fourth-order valence-electron chi connectivity index (χ4n) is 5.74. The van der Waals surface area contributed by atoms with Gasteiger partial charge in [0.15, 0.2) is 18.4 Å². The van der Waals surface area contributed by atoms with E-state index >= 15 is 4.39 Å². The molecule has 2 aliphatic rings. The summed E-state index contributed by atoms with van der Waals surface area (Å²) in [6, 6.07) is 5.75. The number of aryl methyl sites for hydroxylation is 1. The van der Waals surface area contributed by atoms with Gasteiger partial charge in [0.2, 0.25) is 0 Å². The molecule has 1 fully saturated rings. The number of aliphatic hydroxyl groups excluding tert-OH is 2. The number of piperidine rings is 1. The molecule has 17 heteroatoms. The number of para-hydroxylation sites is 1. The van der Waals surface area contributed by atoms with Crippen molar-refractivity contribution in [3.63, 3.8) is 0 Å². The van der Waals surface area contributed by atoms with E-state index < -0.39 is 54.3 Å². The third kappa shape index (κ3) is 7.49. The highest BCUT2D eigenvalue weighted by atomic mass is 35.5. The van der Waals surface area contributed by atoms with Crippen LogP contribution in [0.5, 0.6) is 0 Å². The van der Waals surface area contributed by atoms with Gasteiger partial charge >= 0.3 is 11.9 Å². The molecule has 1 aromatic carbocycles. The molecule has 0 aliphatic carbocycles. The van der Waals surface area contributed by atoms with E-state index in [1.165, 1.54) is 30.0 Å². The number of benzene rings is 1. The zero-order chi connectivity index (χ0) is 34.1. The predicted molar refractivity (Wildman–Crippen MR) is 162 cm³/mol. The quantitative estimate of drug-likeness (QED) is 0.163. The van der Waals surface area contributed by atoms with Crippen molar-refractivity contribution in [2.24, 2.45) is 0 Å². The Hall–Kier alpha value is -3.09. The number of rotatable bonds is 12. The van der Waals surface area contributed by atoms with Crippen LogP contribution in [0.15, 0.2) is 30.5 Å². The van der Waals surface area contributed by atoms with E-state index in [4.69, 9.17) is 30.9 Å². The second kappa shape index (κ2) is 14.2. The molecule has 5 rings (SSSR count). The number of nitrogens with zero attached hydrogens (tertiary/aromatic N) is 3. The number of carboxylic acid groups (broad SMARTS) is 1. The Balaban J connectivity index is 1.26. The SMILES string of the molecule is COCC(NCc1cccc(F)c1-n1cc(CN2CCC3(CC2)OCC(F)(F)c2cc(Cl)sc23)c(C)n1)OC(=O)C(O)C(O)C(=O)O. The standard InChI is InChI=1S/C30H34ClF3N4O8S/c1-16-18(12-37-8-6-29(7-9-37)26-19(10-21(31)47-26)30(33,34)15-45-29)13-38(36-16)23-17(4-3-5-20(23)32)11-35-22(14-44-2)46-28(43)25(40)24(39)27(41)42/h3-5,10,13,22,24-25,35,39-40H,6-9,11-12,14-15H2,1-2H3,(H,41,42). The highest BCUT2D eigenvalue weighted by molar-refractivity contribution is 7.16. The van der Waals surface area contributed by atoms with Crippen LogP contribution in [0.25, 0.3) is 5.69 Å². The lowest BCUT2D eigenvalue weighted by Crippen LogP contribution is -2.48. The number of ether oxygens (including phenoxy) is 3. The van der Waals surface area contributed by atoms with Crippen molar-refractivity contribution >= 4 is 34.9 Å². The van der Waals surface area contributed by atoms with Crippen LogP contribution in [0.2, 0.25) is 4.34 Å². The molecule has 2 aromatic heterocycles. The molecule has 256 valence electrons. The first-order valence-electron chi connectivity index (χ1n) is 14.6. The monoisotopic (exact) mass is 702 g/mol. The average molecular weight is 703 g/mol.